The molecule has 1 fully saturated rings. The van der Waals surface area contributed by atoms with Crippen molar-refractivity contribution in [2.45, 2.75) is 103 Å². The normalized spacial score (nSPS) is 24.9. The number of carbonyl (C=O) groups is 1. The van der Waals surface area contributed by atoms with E-state index in [9.17, 15) is 10.0 Å². The van der Waals surface area contributed by atoms with Crippen LogP contribution in [0.3, 0.4) is 0 Å². The van der Waals surface area contributed by atoms with Crippen molar-refractivity contribution in [1.29, 1.82) is 0 Å². The van der Waals surface area contributed by atoms with Gasteiger partial charge in [0.25, 0.3) is 0 Å². The number of carbonyl (C=O) groups excluding carboxylic acids is 1. The Labute approximate surface area is 212 Å². The summed E-state index contributed by atoms with van der Waals surface area (Å²) in [5.41, 5.74) is 2.07. The summed E-state index contributed by atoms with van der Waals surface area (Å²) >= 11 is 0. The average Bonchev–Trinajstić information content (AvgIpc) is 2.87. The number of unbranched alkanes of at least 4 members (excludes halogenated alkanes) is 8. The van der Waals surface area contributed by atoms with Gasteiger partial charge in [0, 0.05) is 18.3 Å². The van der Waals surface area contributed by atoms with Gasteiger partial charge in [-0.3, -0.25) is 4.79 Å². The van der Waals surface area contributed by atoms with Gasteiger partial charge in [-0.15, -0.1) is 0 Å². The van der Waals surface area contributed by atoms with E-state index in [2.05, 4.69) is 20.8 Å². The van der Waals surface area contributed by atoms with Crippen LogP contribution in [-0.4, -0.2) is 22.3 Å². The van der Waals surface area contributed by atoms with E-state index < -0.39 is 0 Å². The molecule has 0 radical (unpaired) electrons. The Kier molecular flexibility index (Phi) is 11.3. The average molecular weight is 480 g/mol. The van der Waals surface area contributed by atoms with E-state index >= 15 is 0 Å². The van der Waals surface area contributed by atoms with E-state index in [4.69, 9.17) is 4.74 Å². The highest BCUT2D eigenvalue weighted by Gasteiger charge is 2.48. The lowest BCUT2D eigenvalue weighted by Gasteiger charge is -2.49. The first-order chi connectivity index (χ1) is 17.0. The van der Waals surface area contributed by atoms with Gasteiger partial charge in [0.05, 0.1) is 12.1 Å². The van der Waals surface area contributed by atoms with Gasteiger partial charge in [-0.2, -0.15) is 5.06 Å². The predicted octanol–water partition coefficient (Wildman–Crippen LogP) is 8.28. The zero-order valence-electron chi connectivity index (χ0n) is 21.9. The number of hydrogen-bond acceptors (Lipinski definition) is 4. The fourth-order valence-corrected chi connectivity index (χ4v) is 5.71. The Bertz CT molecular complexity index is 803. The second kappa shape index (κ2) is 14.4. The van der Waals surface area contributed by atoms with Crippen LogP contribution in [0.4, 0.5) is 0 Å². The molecule has 4 atom stereocenters. The second-order valence-corrected chi connectivity index (χ2v) is 10.3. The zero-order valence-corrected chi connectivity index (χ0v) is 21.9. The molecular formula is C31H45NO3. The number of benzene rings is 2. The lowest BCUT2D eigenvalue weighted by atomic mass is 9.74. The summed E-state index contributed by atoms with van der Waals surface area (Å²) in [5, 5.41) is 12.9. The van der Waals surface area contributed by atoms with Gasteiger partial charge in [0.15, 0.2) is 0 Å². The monoisotopic (exact) mass is 479 g/mol. The fraction of sp³-hybridized carbons (Fsp3) is 0.581. The molecule has 3 rings (SSSR count). The zero-order chi connectivity index (χ0) is 25.0. The molecule has 0 spiro atoms. The van der Waals surface area contributed by atoms with Gasteiger partial charge >= 0.3 is 5.97 Å². The van der Waals surface area contributed by atoms with Gasteiger partial charge in [0.2, 0.25) is 0 Å². The Morgan fingerprint density at radius 1 is 0.743 bits per heavy atom. The quantitative estimate of drug-likeness (QED) is 0.232. The third-order valence-corrected chi connectivity index (χ3v) is 7.64. The van der Waals surface area contributed by atoms with Crippen molar-refractivity contribution in [3.8, 4) is 0 Å². The predicted molar refractivity (Wildman–Crippen MR) is 142 cm³/mol. The van der Waals surface area contributed by atoms with Crippen LogP contribution in [0.5, 0.6) is 0 Å². The van der Waals surface area contributed by atoms with Crippen molar-refractivity contribution in [1.82, 2.24) is 5.06 Å². The van der Waals surface area contributed by atoms with Crippen molar-refractivity contribution in [3.63, 3.8) is 0 Å². The molecule has 4 unspecified atom stereocenters. The van der Waals surface area contributed by atoms with Crippen LogP contribution in [0, 0.1) is 11.8 Å². The first kappa shape index (κ1) is 27.4. The molecule has 35 heavy (non-hydrogen) atoms. The van der Waals surface area contributed by atoms with Crippen LogP contribution >= 0.6 is 0 Å². The summed E-state index contributed by atoms with van der Waals surface area (Å²) in [6.45, 7) is 6.43. The van der Waals surface area contributed by atoms with E-state index in [1.54, 1.807) is 0 Å². The van der Waals surface area contributed by atoms with E-state index in [-0.39, 0.29) is 36.0 Å². The third-order valence-electron chi connectivity index (χ3n) is 7.64. The summed E-state index contributed by atoms with van der Waals surface area (Å²) in [6.07, 6.45) is 11.3. The van der Waals surface area contributed by atoms with Crippen LogP contribution in [0.2, 0.25) is 0 Å². The van der Waals surface area contributed by atoms with Crippen molar-refractivity contribution in [2.75, 3.05) is 0 Å². The summed E-state index contributed by atoms with van der Waals surface area (Å²) in [7, 11) is 0. The maximum Gasteiger partial charge on any atom is 0.306 e. The molecule has 2 aromatic rings. The topological polar surface area (TPSA) is 49.8 Å². The molecule has 4 nitrogen and oxygen atoms in total. The minimum Gasteiger partial charge on any atom is -0.462 e. The minimum absolute atomic E-state index is 0.0376. The first-order valence-electron chi connectivity index (χ1n) is 13.8. The van der Waals surface area contributed by atoms with Crippen LogP contribution in [0.15, 0.2) is 60.7 Å². The molecule has 1 heterocycles. The Hall–Kier alpha value is -2.17. The molecule has 1 N–H and O–H groups in total. The number of hydroxylamine groups is 2. The lowest BCUT2D eigenvalue weighted by molar-refractivity contribution is -0.242. The number of esters is 1. The molecule has 4 heteroatoms. The van der Waals surface area contributed by atoms with Crippen molar-refractivity contribution in [2.24, 2.45) is 11.8 Å². The number of nitrogens with zero attached hydrogens (tertiary/aromatic N) is 1. The van der Waals surface area contributed by atoms with Gasteiger partial charge in [0.1, 0.15) is 6.10 Å². The highest BCUT2D eigenvalue weighted by atomic mass is 16.5. The summed E-state index contributed by atoms with van der Waals surface area (Å²) in [5.74, 6) is -0.185. The molecule has 0 amide bonds. The van der Waals surface area contributed by atoms with E-state index in [1.165, 1.54) is 50.0 Å². The van der Waals surface area contributed by atoms with Crippen LogP contribution in [-0.2, 0) is 9.53 Å². The van der Waals surface area contributed by atoms with Gasteiger partial charge in [-0.25, -0.2) is 0 Å². The van der Waals surface area contributed by atoms with Crippen molar-refractivity contribution < 1.29 is 14.7 Å². The maximum absolute atomic E-state index is 12.9. The Morgan fingerprint density at radius 3 is 1.63 bits per heavy atom. The lowest BCUT2D eigenvalue weighted by Crippen LogP contribution is -2.51. The molecule has 0 saturated carbocycles. The molecule has 1 saturated heterocycles. The van der Waals surface area contributed by atoms with Crippen LogP contribution < -0.4 is 0 Å². The molecular weight excluding hydrogens is 434 g/mol. The standard InChI is InChI=1S/C31H45NO3/c1-4-5-6-7-8-9-10-11-18-23-28(33)35-31-24(2)29(26-19-14-12-15-20-26)32(34)30(25(31)3)27-21-16-13-17-22-27/h12-17,19-22,24-25,29-31,34H,4-11,18,23H2,1-3H3. The minimum atomic E-state index is -0.264. The number of ether oxygens (including phenoxy) is 1. The van der Waals surface area contributed by atoms with Gasteiger partial charge in [-0.05, 0) is 17.5 Å². The molecule has 1 aliphatic rings. The molecule has 2 aromatic carbocycles. The van der Waals surface area contributed by atoms with E-state index in [0.717, 1.165) is 24.0 Å². The SMILES string of the molecule is CCCCCCCCCCCC(=O)OC1C(C)C(c2ccccc2)N(O)C(c2ccccc2)C1C. The highest BCUT2D eigenvalue weighted by Crippen LogP contribution is 2.47. The molecule has 0 aliphatic carbocycles. The summed E-state index contributed by atoms with van der Waals surface area (Å²) < 4.78 is 6.16. The van der Waals surface area contributed by atoms with Gasteiger partial charge in [-0.1, -0.05) is 133 Å². The van der Waals surface area contributed by atoms with Crippen LogP contribution in [0.1, 0.15) is 108 Å². The molecule has 1 aliphatic heterocycles. The Morgan fingerprint density at radius 2 is 1.17 bits per heavy atom. The molecule has 0 aromatic heterocycles. The first-order valence-corrected chi connectivity index (χ1v) is 13.8. The summed E-state index contributed by atoms with van der Waals surface area (Å²) in [6, 6.07) is 19.6. The molecule has 0 bridgehead atoms. The number of hydrogen-bond donors (Lipinski definition) is 1. The number of piperidine rings is 1. The largest absolute Gasteiger partial charge is 0.462 e. The Balaban J connectivity index is 1.61. The maximum atomic E-state index is 12.9. The number of rotatable bonds is 13. The van der Waals surface area contributed by atoms with Crippen molar-refractivity contribution >= 4 is 5.97 Å². The fourth-order valence-electron chi connectivity index (χ4n) is 5.71. The van der Waals surface area contributed by atoms with Crippen molar-refractivity contribution in [3.05, 3.63) is 71.8 Å². The van der Waals surface area contributed by atoms with Crippen LogP contribution in [0.25, 0.3) is 0 Å². The van der Waals surface area contributed by atoms with E-state index in [1.807, 2.05) is 60.7 Å². The second-order valence-electron chi connectivity index (χ2n) is 10.3. The molecule has 192 valence electrons. The highest BCUT2D eigenvalue weighted by molar-refractivity contribution is 5.69. The summed E-state index contributed by atoms with van der Waals surface area (Å²) in [4.78, 5) is 12.9. The third kappa shape index (κ3) is 7.65. The van der Waals surface area contributed by atoms with E-state index in [0.29, 0.717) is 6.42 Å². The van der Waals surface area contributed by atoms with Gasteiger partial charge < -0.3 is 9.94 Å². The smallest absolute Gasteiger partial charge is 0.306 e.